The number of non-ortho nitro benzene ring substituents is 1. The number of nitrogens with zero attached hydrogens (tertiary/aromatic N) is 1. The number of nitro benzene ring substituents is 1. The second-order valence-electron chi connectivity index (χ2n) is 3.74. The topological polar surface area (TPSA) is 85.4 Å². The van der Waals surface area contributed by atoms with Gasteiger partial charge in [-0.05, 0) is 12.1 Å². The largest absolute Gasteiger partial charge is 0.472 e. The number of hydrogen-bond donors (Lipinski definition) is 1. The van der Waals surface area contributed by atoms with Gasteiger partial charge in [0.05, 0.1) is 28.0 Å². The van der Waals surface area contributed by atoms with Crippen LogP contribution >= 0.6 is 11.6 Å². The van der Waals surface area contributed by atoms with E-state index in [1.165, 1.54) is 24.7 Å². The first-order valence-electron chi connectivity index (χ1n) is 5.31. The summed E-state index contributed by atoms with van der Waals surface area (Å²) in [7, 11) is 0. The highest BCUT2D eigenvalue weighted by Crippen LogP contribution is 2.22. The van der Waals surface area contributed by atoms with Crippen LogP contribution in [0.5, 0.6) is 0 Å². The van der Waals surface area contributed by atoms with Crippen molar-refractivity contribution in [3.05, 3.63) is 63.1 Å². The third-order valence-corrected chi connectivity index (χ3v) is 2.77. The quantitative estimate of drug-likeness (QED) is 0.689. The van der Waals surface area contributed by atoms with Gasteiger partial charge >= 0.3 is 0 Å². The van der Waals surface area contributed by atoms with E-state index in [2.05, 4.69) is 5.32 Å². The molecule has 1 aromatic carbocycles. The highest BCUT2D eigenvalue weighted by atomic mass is 35.5. The molecule has 0 radical (unpaired) electrons. The van der Waals surface area contributed by atoms with E-state index in [9.17, 15) is 14.9 Å². The Labute approximate surface area is 113 Å². The number of benzene rings is 1. The molecule has 98 valence electrons. The lowest BCUT2D eigenvalue weighted by atomic mass is 10.2. The summed E-state index contributed by atoms with van der Waals surface area (Å²) < 4.78 is 4.86. The summed E-state index contributed by atoms with van der Waals surface area (Å²) in [5.41, 5.74) is 0.673. The summed E-state index contributed by atoms with van der Waals surface area (Å²) in [6, 6.07) is 5.42. The fraction of sp³-hybridized carbons (Fsp3) is 0.0833. The molecule has 0 saturated heterocycles. The van der Waals surface area contributed by atoms with Crippen LogP contribution in [-0.2, 0) is 6.54 Å². The van der Waals surface area contributed by atoms with Crippen LogP contribution < -0.4 is 5.32 Å². The lowest BCUT2D eigenvalue weighted by Crippen LogP contribution is -2.23. The lowest BCUT2D eigenvalue weighted by Gasteiger charge is -2.05. The number of rotatable bonds is 4. The van der Waals surface area contributed by atoms with Gasteiger partial charge in [0, 0.05) is 24.2 Å². The maximum absolute atomic E-state index is 11.9. The average molecular weight is 281 g/mol. The Hall–Kier alpha value is -2.34. The van der Waals surface area contributed by atoms with Gasteiger partial charge < -0.3 is 9.73 Å². The molecular weight excluding hydrogens is 272 g/mol. The zero-order valence-electron chi connectivity index (χ0n) is 9.63. The first-order chi connectivity index (χ1) is 9.08. The molecule has 1 amide bonds. The highest BCUT2D eigenvalue weighted by Gasteiger charge is 2.15. The Morgan fingerprint density at radius 2 is 2.21 bits per heavy atom. The molecule has 7 heteroatoms. The van der Waals surface area contributed by atoms with E-state index in [0.717, 1.165) is 11.6 Å². The second-order valence-corrected chi connectivity index (χ2v) is 4.14. The van der Waals surface area contributed by atoms with E-state index >= 15 is 0 Å². The van der Waals surface area contributed by atoms with Crippen LogP contribution in [0.25, 0.3) is 0 Å². The average Bonchev–Trinajstić information content (AvgIpc) is 2.89. The van der Waals surface area contributed by atoms with E-state index in [-0.39, 0.29) is 22.8 Å². The van der Waals surface area contributed by atoms with Crippen LogP contribution in [0.1, 0.15) is 15.9 Å². The van der Waals surface area contributed by atoms with Gasteiger partial charge in [-0.2, -0.15) is 0 Å². The number of furan rings is 1. The summed E-state index contributed by atoms with van der Waals surface area (Å²) in [6.45, 7) is 0.258. The number of hydrogen-bond acceptors (Lipinski definition) is 4. The number of nitro groups is 1. The second kappa shape index (κ2) is 5.53. The molecule has 0 atom stereocenters. The molecule has 2 aromatic rings. The predicted molar refractivity (Wildman–Crippen MR) is 68.0 cm³/mol. The van der Waals surface area contributed by atoms with Crippen LogP contribution in [-0.4, -0.2) is 10.8 Å². The van der Waals surface area contributed by atoms with Gasteiger partial charge in [0.2, 0.25) is 0 Å². The smallest absolute Gasteiger partial charge is 0.270 e. The molecule has 0 fully saturated rings. The van der Waals surface area contributed by atoms with Crippen LogP contribution in [0, 0.1) is 10.1 Å². The fourth-order valence-electron chi connectivity index (χ4n) is 1.47. The highest BCUT2D eigenvalue weighted by molar-refractivity contribution is 6.33. The van der Waals surface area contributed by atoms with Crippen molar-refractivity contribution in [1.82, 2.24) is 5.32 Å². The molecule has 0 aliphatic carbocycles. The summed E-state index contributed by atoms with van der Waals surface area (Å²) in [6.07, 6.45) is 2.98. The minimum Gasteiger partial charge on any atom is -0.472 e. The van der Waals surface area contributed by atoms with Gasteiger partial charge in [0.25, 0.3) is 11.6 Å². The number of halogens is 1. The Morgan fingerprint density at radius 1 is 1.42 bits per heavy atom. The zero-order valence-corrected chi connectivity index (χ0v) is 10.4. The Bertz CT molecular complexity index is 610. The molecule has 2 rings (SSSR count). The Morgan fingerprint density at radius 3 is 2.84 bits per heavy atom. The number of nitrogens with one attached hydrogen (secondary N) is 1. The van der Waals surface area contributed by atoms with E-state index in [1.807, 2.05) is 0 Å². The van der Waals surface area contributed by atoms with Crippen molar-refractivity contribution < 1.29 is 14.1 Å². The molecule has 0 unspecified atom stereocenters. The molecule has 0 aliphatic heterocycles. The molecule has 6 nitrogen and oxygen atoms in total. The molecule has 1 aromatic heterocycles. The Kier molecular flexibility index (Phi) is 3.82. The van der Waals surface area contributed by atoms with Crippen LogP contribution in [0.3, 0.4) is 0 Å². The molecular formula is C12H9ClN2O4. The first-order valence-corrected chi connectivity index (χ1v) is 5.69. The van der Waals surface area contributed by atoms with Gasteiger partial charge in [-0.15, -0.1) is 0 Å². The van der Waals surface area contributed by atoms with E-state index in [0.29, 0.717) is 0 Å². The van der Waals surface area contributed by atoms with Crippen molar-refractivity contribution >= 4 is 23.2 Å². The molecule has 1 N–H and O–H groups in total. The van der Waals surface area contributed by atoms with Crippen LogP contribution in [0.2, 0.25) is 5.02 Å². The summed E-state index contributed by atoms with van der Waals surface area (Å²) in [4.78, 5) is 22.0. The van der Waals surface area contributed by atoms with Crippen molar-refractivity contribution in [3.63, 3.8) is 0 Å². The van der Waals surface area contributed by atoms with Crippen molar-refractivity contribution in [2.24, 2.45) is 0 Å². The third kappa shape index (κ3) is 3.11. The lowest BCUT2D eigenvalue weighted by molar-refractivity contribution is -0.384. The maximum atomic E-state index is 11.9. The van der Waals surface area contributed by atoms with E-state index < -0.39 is 10.8 Å². The van der Waals surface area contributed by atoms with Crippen molar-refractivity contribution in [3.8, 4) is 0 Å². The minimum absolute atomic E-state index is 0.0689. The molecule has 1 heterocycles. The summed E-state index contributed by atoms with van der Waals surface area (Å²) >= 11 is 5.85. The molecule has 0 saturated carbocycles. The molecule has 0 bridgehead atoms. The molecule has 19 heavy (non-hydrogen) atoms. The van der Waals surface area contributed by atoms with Crippen molar-refractivity contribution in [2.75, 3.05) is 0 Å². The van der Waals surface area contributed by atoms with Gasteiger partial charge in [-0.3, -0.25) is 14.9 Å². The van der Waals surface area contributed by atoms with E-state index in [4.69, 9.17) is 16.0 Å². The molecule has 0 spiro atoms. The molecule has 0 aliphatic rings. The minimum atomic E-state index is -0.580. The van der Waals surface area contributed by atoms with E-state index in [1.54, 1.807) is 6.07 Å². The predicted octanol–water partition coefficient (Wildman–Crippen LogP) is 2.77. The van der Waals surface area contributed by atoms with Crippen molar-refractivity contribution in [1.29, 1.82) is 0 Å². The normalized spacial score (nSPS) is 10.2. The number of amides is 1. The zero-order chi connectivity index (χ0) is 13.8. The third-order valence-electron chi connectivity index (χ3n) is 2.44. The number of carbonyl (C=O) groups excluding carboxylic acids is 1. The van der Waals surface area contributed by atoms with Gasteiger partial charge in [-0.25, -0.2) is 0 Å². The monoisotopic (exact) mass is 280 g/mol. The van der Waals surface area contributed by atoms with Crippen molar-refractivity contribution in [2.45, 2.75) is 6.54 Å². The SMILES string of the molecule is O=C(NCc1ccoc1)c1cc([N+](=O)[O-])ccc1Cl. The summed E-state index contributed by atoms with van der Waals surface area (Å²) in [5.74, 6) is -0.477. The van der Waals surface area contributed by atoms with Crippen LogP contribution in [0.4, 0.5) is 5.69 Å². The standard InChI is InChI=1S/C12H9ClN2O4/c13-11-2-1-9(15(17)18)5-10(11)12(16)14-6-8-3-4-19-7-8/h1-5,7H,6H2,(H,14,16). The maximum Gasteiger partial charge on any atom is 0.270 e. The fourth-order valence-corrected chi connectivity index (χ4v) is 1.68. The van der Waals surface area contributed by atoms with Crippen LogP contribution in [0.15, 0.2) is 41.2 Å². The Balaban J connectivity index is 2.14. The van der Waals surface area contributed by atoms with Gasteiger partial charge in [-0.1, -0.05) is 11.6 Å². The first kappa shape index (κ1) is 13.1. The van der Waals surface area contributed by atoms with Gasteiger partial charge in [0.15, 0.2) is 0 Å². The number of carbonyl (C=O) groups is 1. The summed E-state index contributed by atoms with van der Waals surface area (Å²) in [5, 5.41) is 13.4. The van der Waals surface area contributed by atoms with Gasteiger partial charge in [0.1, 0.15) is 0 Å².